The zero-order valence-electron chi connectivity index (χ0n) is 14.1. The van der Waals surface area contributed by atoms with Crippen LogP contribution in [0.3, 0.4) is 0 Å². The molecule has 0 unspecified atom stereocenters. The molecule has 5 heteroatoms. The summed E-state index contributed by atoms with van der Waals surface area (Å²) < 4.78 is 10.6. The molecule has 1 aromatic carbocycles. The largest absolute Gasteiger partial charge is 0.482 e. The van der Waals surface area contributed by atoms with E-state index in [1.165, 1.54) is 24.3 Å². The zero-order chi connectivity index (χ0) is 16.9. The van der Waals surface area contributed by atoms with Gasteiger partial charge in [-0.2, -0.15) is 0 Å². The van der Waals surface area contributed by atoms with E-state index in [0.717, 1.165) is 0 Å². The van der Waals surface area contributed by atoms with Crippen molar-refractivity contribution in [2.75, 3.05) is 23.9 Å². The van der Waals surface area contributed by atoms with Crippen molar-refractivity contribution in [3.05, 3.63) is 29.8 Å². The van der Waals surface area contributed by atoms with E-state index in [0.29, 0.717) is 17.1 Å². The lowest BCUT2D eigenvalue weighted by molar-refractivity contribution is -0.157. The summed E-state index contributed by atoms with van der Waals surface area (Å²) in [6.07, 6.45) is 2.52. The first-order valence-corrected chi connectivity index (χ1v) is 9.69. The van der Waals surface area contributed by atoms with Crippen LogP contribution in [-0.2, 0) is 20.4 Å². The van der Waals surface area contributed by atoms with Crippen molar-refractivity contribution in [3.63, 3.8) is 0 Å². The lowest BCUT2D eigenvalue weighted by Crippen LogP contribution is -2.27. The lowest BCUT2D eigenvalue weighted by atomic mass is 10.1. The van der Waals surface area contributed by atoms with Gasteiger partial charge in [0.25, 0.3) is 0 Å². The fourth-order valence-electron chi connectivity index (χ4n) is 2.38. The van der Waals surface area contributed by atoms with Gasteiger partial charge in [0.1, 0.15) is 22.9 Å². The smallest absolute Gasteiger partial charge is 0.344 e. The zero-order valence-corrected chi connectivity index (χ0v) is 14.9. The monoisotopic (exact) mass is 337 g/mol. The molecule has 1 saturated heterocycles. The Labute approximate surface area is 140 Å². The molecule has 0 spiro atoms. The van der Waals surface area contributed by atoms with Gasteiger partial charge < -0.3 is 9.47 Å². The standard InChI is InChI=1S/C18H25O4S/c1-18(2,3)22-17(20)12-21-15-8-6-14(7-9-15)16(19)13-23-10-4-5-11-23/h6-9H,4-5,10-13H2,1-3H3/q+1. The molecule has 1 aliphatic rings. The number of carbonyl (C=O) groups excluding carboxylic acids is 2. The second kappa shape index (κ2) is 7.86. The van der Waals surface area contributed by atoms with Gasteiger partial charge in [0.15, 0.2) is 12.4 Å². The Balaban J connectivity index is 1.82. The second-order valence-electron chi connectivity index (χ2n) is 6.69. The number of hydrogen-bond donors (Lipinski definition) is 0. The number of ketones is 1. The van der Waals surface area contributed by atoms with Crippen molar-refractivity contribution >= 4 is 22.6 Å². The number of benzene rings is 1. The average Bonchev–Trinajstić information content (AvgIpc) is 2.97. The van der Waals surface area contributed by atoms with Crippen LogP contribution in [0.15, 0.2) is 24.3 Å². The fourth-order valence-corrected chi connectivity index (χ4v) is 4.63. The first kappa shape index (κ1) is 17.9. The summed E-state index contributed by atoms with van der Waals surface area (Å²) in [5.74, 6) is 3.42. The molecule has 0 radical (unpaired) electrons. The normalized spacial score (nSPS) is 15.4. The number of ether oxygens (including phenoxy) is 2. The van der Waals surface area contributed by atoms with Gasteiger partial charge in [0.05, 0.1) is 0 Å². The van der Waals surface area contributed by atoms with E-state index in [2.05, 4.69) is 0 Å². The molecule has 1 aromatic rings. The van der Waals surface area contributed by atoms with Crippen molar-refractivity contribution in [3.8, 4) is 5.75 Å². The summed E-state index contributed by atoms with van der Waals surface area (Å²) in [6, 6.07) is 7.00. The highest BCUT2D eigenvalue weighted by Crippen LogP contribution is 2.17. The van der Waals surface area contributed by atoms with E-state index in [1.54, 1.807) is 24.3 Å². The van der Waals surface area contributed by atoms with Crippen LogP contribution in [0.5, 0.6) is 5.75 Å². The second-order valence-corrected chi connectivity index (χ2v) is 9.02. The summed E-state index contributed by atoms with van der Waals surface area (Å²) in [5.41, 5.74) is 0.201. The van der Waals surface area contributed by atoms with Crippen molar-refractivity contribution in [1.82, 2.24) is 0 Å². The van der Waals surface area contributed by atoms with Gasteiger partial charge in [0.2, 0.25) is 5.78 Å². The summed E-state index contributed by atoms with van der Waals surface area (Å²) in [5, 5.41) is 0. The van der Waals surface area contributed by atoms with Crippen LogP contribution >= 0.6 is 0 Å². The third-order valence-corrected chi connectivity index (χ3v) is 5.81. The first-order chi connectivity index (χ1) is 10.8. The SMILES string of the molecule is CC(C)(C)OC(=O)COc1ccc(C(=O)C[S+]2CCCC2)cc1. The molecule has 0 amide bonds. The van der Waals surface area contributed by atoms with Gasteiger partial charge in [-0.15, -0.1) is 0 Å². The predicted molar refractivity (Wildman–Crippen MR) is 93.3 cm³/mol. The predicted octanol–water partition coefficient (Wildman–Crippen LogP) is 3.00. The van der Waals surface area contributed by atoms with Gasteiger partial charge in [-0.1, -0.05) is 0 Å². The van der Waals surface area contributed by atoms with Gasteiger partial charge >= 0.3 is 5.97 Å². The van der Waals surface area contributed by atoms with E-state index < -0.39 is 11.6 Å². The minimum Gasteiger partial charge on any atom is -0.482 e. The molecule has 0 aromatic heterocycles. The fraction of sp³-hybridized carbons (Fsp3) is 0.556. The van der Waals surface area contributed by atoms with Crippen molar-refractivity contribution < 1.29 is 19.1 Å². The van der Waals surface area contributed by atoms with E-state index in [9.17, 15) is 9.59 Å². The first-order valence-electron chi connectivity index (χ1n) is 7.95. The van der Waals surface area contributed by atoms with E-state index >= 15 is 0 Å². The van der Waals surface area contributed by atoms with Gasteiger partial charge in [0, 0.05) is 5.56 Å². The quantitative estimate of drug-likeness (QED) is 0.455. The van der Waals surface area contributed by atoms with Crippen molar-refractivity contribution in [1.29, 1.82) is 0 Å². The van der Waals surface area contributed by atoms with Crippen LogP contribution < -0.4 is 4.74 Å². The summed E-state index contributed by atoms with van der Waals surface area (Å²) in [7, 11) is 0.275. The Kier molecular flexibility index (Phi) is 6.10. The molecule has 126 valence electrons. The maximum atomic E-state index is 12.2. The minimum absolute atomic E-state index is 0.131. The molecule has 0 aliphatic carbocycles. The molecule has 1 fully saturated rings. The Hall–Kier alpha value is -1.49. The highest BCUT2D eigenvalue weighted by Gasteiger charge is 2.27. The van der Waals surface area contributed by atoms with Gasteiger partial charge in [-0.25, -0.2) is 4.79 Å². The van der Waals surface area contributed by atoms with Crippen LogP contribution in [0.25, 0.3) is 0 Å². The van der Waals surface area contributed by atoms with E-state index in [1.807, 2.05) is 20.8 Å². The van der Waals surface area contributed by atoms with Crippen LogP contribution in [0.2, 0.25) is 0 Å². The molecule has 2 rings (SSSR count). The van der Waals surface area contributed by atoms with Gasteiger partial charge in [-0.3, -0.25) is 4.79 Å². The Morgan fingerprint density at radius 3 is 2.26 bits per heavy atom. The van der Waals surface area contributed by atoms with Crippen LogP contribution in [0.1, 0.15) is 44.0 Å². The molecule has 23 heavy (non-hydrogen) atoms. The average molecular weight is 337 g/mol. The maximum absolute atomic E-state index is 12.2. The molecule has 0 atom stereocenters. The lowest BCUT2D eigenvalue weighted by Gasteiger charge is -2.19. The van der Waals surface area contributed by atoms with Crippen molar-refractivity contribution in [2.45, 2.75) is 39.2 Å². The third-order valence-electron chi connectivity index (χ3n) is 3.40. The topological polar surface area (TPSA) is 52.6 Å². The number of esters is 1. The molecule has 0 N–H and O–H groups in total. The van der Waals surface area contributed by atoms with Crippen LogP contribution in [0.4, 0.5) is 0 Å². The maximum Gasteiger partial charge on any atom is 0.344 e. The highest BCUT2D eigenvalue weighted by atomic mass is 32.2. The summed E-state index contributed by atoms with van der Waals surface area (Å²) in [4.78, 5) is 23.8. The molecule has 0 saturated carbocycles. The Bertz CT molecular complexity index is 539. The van der Waals surface area contributed by atoms with E-state index in [4.69, 9.17) is 9.47 Å². The number of rotatable bonds is 6. The van der Waals surface area contributed by atoms with E-state index in [-0.39, 0.29) is 23.3 Å². The Morgan fingerprint density at radius 1 is 1.09 bits per heavy atom. The van der Waals surface area contributed by atoms with Crippen LogP contribution in [-0.4, -0.2) is 41.2 Å². The molecule has 1 aliphatic heterocycles. The molecule has 1 heterocycles. The Morgan fingerprint density at radius 2 is 1.70 bits per heavy atom. The number of carbonyl (C=O) groups is 2. The summed E-state index contributed by atoms with van der Waals surface area (Å²) in [6.45, 7) is 5.32. The molecule has 4 nitrogen and oxygen atoms in total. The van der Waals surface area contributed by atoms with Crippen molar-refractivity contribution in [2.24, 2.45) is 0 Å². The highest BCUT2D eigenvalue weighted by molar-refractivity contribution is 7.97. The molecular weight excluding hydrogens is 312 g/mol. The number of hydrogen-bond acceptors (Lipinski definition) is 4. The molecular formula is C18H25O4S+. The third kappa shape index (κ3) is 6.26. The minimum atomic E-state index is -0.516. The van der Waals surface area contributed by atoms with Crippen LogP contribution in [0, 0.1) is 0 Å². The van der Waals surface area contributed by atoms with Gasteiger partial charge in [-0.05, 0) is 68.8 Å². The number of Topliss-reactive ketones (excluding diaryl/α,β-unsaturated/α-hetero) is 1. The summed E-state index contributed by atoms with van der Waals surface area (Å²) >= 11 is 0. The molecule has 0 bridgehead atoms.